The second-order valence-corrected chi connectivity index (χ2v) is 9.33. The van der Waals surface area contributed by atoms with E-state index >= 15 is 0 Å². The molecule has 0 atom stereocenters. The van der Waals surface area contributed by atoms with Crippen molar-refractivity contribution >= 4 is 29.1 Å². The maximum atomic E-state index is 14.4. The summed E-state index contributed by atoms with van der Waals surface area (Å²) in [7, 11) is 0. The highest BCUT2D eigenvalue weighted by atomic mass is 35.5. The molecular formula is C26H23ClF2N6O2. The number of hydrogen-bond acceptors (Lipinski definition) is 4. The summed E-state index contributed by atoms with van der Waals surface area (Å²) in [4.78, 5) is 31.4. The van der Waals surface area contributed by atoms with Crippen LogP contribution in [0.15, 0.2) is 61.3 Å². The van der Waals surface area contributed by atoms with E-state index in [-0.39, 0.29) is 28.4 Å². The van der Waals surface area contributed by atoms with E-state index < -0.39 is 17.5 Å². The first-order valence-electron chi connectivity index (χ1n) is 11.7. The van der Waals surface area contributed by atoms with E-state index in [1.165, 1.54) is 47.6 Å². The summed E-state index contributed by atoms with van der Waals surface area (Å²) >= 11 is 5.83. The number of carbonyl (C=O) groups excluding carboxylic acids is 2. The molecule has 1 saturated heterocycles. The van der Waals surface area contributed by atoms with Crippen LogP contribution in [0.2, 0.25) is 5.02 Å². The van der Waals surface area contributed by atoms with Gasteiger partial charge in [-0.2, -0.15) is 5.10 Å². The average Bonchev–Trinajstić information content (AvgIpc) is 3.55. The number of piperidine rings is 1. The average molecular weight is 525 g/mol. The third-order valence-electron chi connectivity index (χ3n) is 6.44. The van der Waals surface area contributed by atoms with Gasteiger partial charge in [0.05, 0.1) is 36.1 Å². The number of anilines is 1. The van der Waals surface area contributed by atoms with Crippen LogP contribution < -0.4 is 5.32 Å². The Labute approximate surface area is 216 Å². The molecule has 0 saturated carbocycles. The minimum Gasteiger partial charge on any atom is -0.338 e. The second kappa shape index (κ2) is 10.1. The lowest BCUT2D eigenvalue weighted by Gasteiger charge is -2.32. The molecule has 11 heteroatoms. The summed E-state index contributed by atoms with van der Waals surface area (Å²) in [6, 6.07) is 8.74. The molecule has 1 N–H and O–H groups in total. The molecule has 0 spiro atoms. The summed E-state index contributed by atoms with van der Waals surface area (Å²) in [6.45, 7) is 2.67. The first-order chi connectivity index (χ1) is 17.8. The Balaban J connectivity index is 1.22. The molecule has 1 aliphatic rings. The highest BCUT2D eigenvalue weighted by molar-refractivity contribution is 6.30. The van der Waals surface area contributed by atoms with E-state index in [1.807, 2.05) is 0 Å². The van der Waals surface area contributed by atoms with Gasteiger partial charge in [-0.15, -0.1) is 0 Å². The molecule has 190 valence electrons. The Morgan fingerprint density at radius 3 is 2.57 bits per heavy atom. The van der Waals surface area contributed by atoms with Crippen LogP contribution in [0.1, 0.15) is 45.3 Å². The van der Waals surface area contributed by atoms with Crippen LogP contribution in [-0.2, 0) is 0 Å². The molecule has 0 radical (unpaired) electrons. The first kappa shape index (κ1) is 24.6. The minimum absolute atomic E-state index is 0.0400. The van der Waals surface area contributed by atoms with Crippen LogP contribution in [0, 0.1) is 18.6 Å². The van der Waals surface area contributed by atoms with Gasteiger partial charge in [-0.3, -0.25) is 18.8 Å². The number of likely N-dealkylation sites (tertiary alicyclic amines) is 1. The maximum absolute atomic E-state index is 14.4. The molecule has 0 aliphatic carbocycles. The van der Waals surface area contributed by atoms with Gasteiger partial charge in [0, 0.05) is 29.9 Å². The summed E-state index contributed by atoms with van der Waals surface area (Å²) in [5, 5.41) is 7.40. The SMILES string of the molecule is Cc1ccc(C(=O)N2CCC(n3cc(NC(=O)c4cncn4-c4ccc(Cl)cc4F)cn3)CC2)cc1F. The highest BCUT2D eigenvalue weighted by Gasteiger charge is 2.26. The van der Waals surface area contributed by atoms with E-state index in [4.69, 9.17) is 11.6 Å². The molecule has 37 heavy (non-hydrogen) atoms. The molecular weight excluding hydrogens is 502 g/mol. The number of aromatic nitrogens is 4. The molecule has 0 bridgehead atoms. The van der Waals surface area contributed by atoms with Crippen LogP contribution in [0.25, 0.3) is 5.69 Å². The van der Waals surface area contributed by atoms with E-state index in [0.717, 1.165) is 0 Å². The zero-order chi connectivity index (χ0) is 26.1. The Bertz CT molecular complexity index is 1480. The van der Waals surface area contributed by atoms with Gasteiger partial charge in [-0.1, -0.05) is 17.7 Å². The van der Waals surface area contributed by atoms with Crippen molar-refractivity contribution in [2.75, 3.05) is 18.4 Å². The van der Waals surface area contributed by atoms with Gasteiger partial charge in [0.15, 0.2) is 0 Å². The summed E-state index contributed by atoms with van der Waals surface area (Å²) in [5.74, 6) is -1.64. The fourth-order valence-electron chi connectivity index (χ4n) is 4.37. The van der Waals surface area contributed by atoms with Gasteiger partial charge in [-0.25, -0.2) is 13.8 Å². The molecule has 1 fully saturated rings. The van der Waals surface area contributed by atoms with Crippen molar-refractivity contribution in [2.24, 2.45) is 0 Å². The van der Waals surface area contributed by atoms with Crippen LogP contribution in [0.5, 0.6) is 0 Å². The lowest BCUT2D eigenvalue weighted by Crippen LogP contribution is -2.39. The summed E-state index contributed by atoms with van der Waals surface area (Å²) in [5.41, 5.74) is 1.61. The van der Waals surface area contributed by atoms with E-state index in [0.29, 0.717) is 42.7 Å². The number of benzene rings is 2. The van der Waals surface area contributed by atoms with Gasteiger partial charge in [0.25, 0.3) is 11.8 Å². The van der Waals surface area contributed by atoms with Crippen LogP contribution in [-0.4, -0.2) is 49.1 Å². The topological polar surface area (TPSA) is 85.0 Å². The van der Waals surface area contributed by atoms with Crippen molar-refractivity contribution in [2.45, 2.75) is 25.8 Å². The minimum atomic E-state index is -0.579. The number of amides is 2. The Morgan fingerprint density at radius 1 is 1.05 bits per heavy atom. The van der Waals surface area contributed by atoms with E-state index in [2.05, 4.69) is 15.4 Å². The molecule has 1 aliphatic heterocycles. The smallest absolute Gasteiger partial charge is 0.274 e. The number of aryl methyl sites for hydroxylation is 1. The quantitative estimate of drug-likeness (QED) is 0.396. The molecule has 0 unspecified atom stereocenters. The first-order valence-corrected chi connectivity index (χ1v) is 12.1. The number of imidazole rings is 1. The summed E-state index contributed by atoms with van der Waals surface area (Å²) < 4.78 is 31.4. The van der Waals surface area contributed by atoms with Crippen molar-refractivity contribution in [1.82, 2.24) is 24.2 Å². The maximum Gasteiger partial charge on any atom is 0.274 e. The number of halogens is 3. The standard InChI is InChI=1S/C26H23ClF2N6O2/c1-16-2-3-17(10-21(16)28)26(37)33-8-6-20(7-9-33)35-14-19(12-31-35)32-25(36)24-13-30-15-34(24)23-5-4-18(27)11-22(23)29/h2-5,10-15,20H,6-9H2,1H3,(H,32,36). The second-order valence-electron chi connectivity index (χ2n) is 8.90. The molecule has 5 rings (SSSR count). The van der Waals surface area contributed by atoms with Crippen molar-refractivity contribution in [1.29, 1.82) is 0 Å². The zero-order valence-corrected chi connectivity index (χ0v) is 20.6. The number of rotatable bonds is 5. The Morgan fingerprint density at radius 2 is 1.84 bits per heavy atom. The van der Waals surface area contributed by atoms with Gasteiger partial charge < -0.3 is 10.2 Å². The zero-order valence-electron chi connectivity index (χ0n) is 19.9. The normalized spacial score (nSPS) is 14.1. The molecule has 2 aromatic carbocycles. The summed E-state index contributed by atoms with van der Waals surface area (Å²) in [6.07, 6.45) is 7.29. The monoisotopic (exact) mass is 524 g/mol. The van der Waals surface area contributed by atoms with Crippen molar-refractivity contribution in [3.63, 3.8) is 0 Å². The molecule has 3 heterocycles. The molecule has 8 nitrogen and oxygen atoms in total. The van der Waals surface area contributed by atoms with Gasteiger partial charge >= 0.3 is 0 Å². The van der Waals surface area contributed by atoms with Crippen LogP contribution in [0.4, 0.5) is 14.5 Å². The molecule has 2 aromatic heterocycles. The molecule has 4 aromatic rings. The van der Waals surface area contributed by atoms with Crippen molar-refractivity contribution < 1.29 is 18.4 Å². The largest absolute Gasteiger partial charge is 0.338 e. The number of nitrogens with zero attached hydrogens (tertiary/aromatic N) is 5. The number of carbonyl (C=O) groups is 2. The third kappa shape index (κ3) is 5.10. The number of nitrogens with one attached hydrogen (secondary N) is 1. The van der Waals surface area contributed by atoms with Crippen LogP contribution >= 0.6 is 11.6 Å². The fourth-order valence-corrected chi connectivity index (χ4v) is 4.53. The van der Waals surface area contributed by atoms with Gasteiger partial charge in [0.2, 0.25) is 0 Å². The fraction of sp³-hybridized carbons (Fsp3) is 0.231. The van der Waals surface area contributed by atoms with E-state index in [9.17, 15) is 18.4 Å². The number of hydrogen-bond donors (Lipinski definition) is 1. The highest BCUT2D eigenvalue weighted by Crippen LogP contribution is 2.25. The van der Waals surface area contributed by atoms with Gasteiger partial charge in [-0.05, 0) is 55.7 Å². The lowest BCUT2D eigenvalue weighted by atomic mass is 10.0. The predicted molar refractivity (Wildman–Crippen MR) is 134 cm³/mol. The van der Waals surface area contributed by atoms with Gasteiger partial charge in [0.1, 0.15) is 17.3 Å². The van der Waals surface area contributed by atoms with Crippen LogP contribution in [0.3, 0.4) is 0 Å². The Kier molecular flexibility index (Phi) is 6.75. The predicted octanol–water partition coefficient (Wildman–Crippen LogP) is 5.04. The van der Waals surface area contributed by atoms with Crippen molar-refractivity contribution in [3.05, 3.63) is 94.8 Å². The third-order valence-corrected chi connectivity index (χ3v) is 6.68. The van der Waals surface area contributed by atoms with Crippen molar-refractivity contribution in [3.8, 4) is 5.69 Å². The molecule has 2 amide bonds. The van der Waals surface area contributed by atoms with E-state index in [1.54, 1.807) is 34.8 Å². The lowest BCUT2D eigenvalue weighted by molar-refractivity contribution is 0.0689. The Hall–Kier alpha value is -4.05.